The van der Waals surface area contributed by atoms with Gasteiger partial charge in [0.15, 0.2) is 5.82 Å². The lowest BCUT2D eigenvalue weighted by atomic mass is 10.2. The summed E-state index contributed by atoms with van der Waals surface area (Å²) in [6.07, 6.45) is -1.89. The molecule has 0 saturated carbocycles. The summed E-state index contributed by atoms with van der Waals surface area (Å²) in [5.74, 6) is -1.59. The summed E-state index contributed by atoms with van der Waals surface area (Å²) < 4.78 is 9.12. The van der Waals surface area contributed by atoms with E-state index < -0.39 is 23.9 Å². The van der Waals surface area contributed by atoms with Gasteiger partial charge in [-0.15, -0.1) is 0 Å². The molecule has 1 aliphatic rings. The quantitative estimate of drug-likeness (QED) is 0.840. The molecular weight excluding hydrogens is 282 g/mol. The molecule has 2 heterocycles. The van der Waals surface area contributed by atoms with Crippen LogP contribution in [-0.4, -0.2) is 40.0 Å². The van der Waals surface area contributed by atoms with Crippen molar-refractivity contribution in [2.75, 3.05) is 11.4 Å². The zero-order valence-electron chi connectivity index (χ0n) is 10.5. The number of amides is 1. The van der Waals surface area contributed by atoms with Crippen LogP contribution in [0.25, 0.3) is 11.4 Å². The van der Waals surface area contributed by atoms with Crippen LogP contribution in [0.5, 0.6) is 0 Å². The number of aliphatic carboxylic acids is 1. The van der Waals surface area contributed by atoms with E-state index in [-0.39, 0.29) is 12.4 Å². The normalized spacial score (nSPS) is 17.8. The molecule has 1 amide bonds. The summed E-state index contributed by atoms with van der Waals surface area (Å²) in [6.45, 7) is -0.0612. The summed E-state index contributed by atoms with van der Waals surface area (Å²) in [5.41, 5.74) is 1.07. The molecule has 3 rings (SSSR count). The number of cyclic esters (lactones) is 1. The second kappa shape index (κ2) is 4.78. The predicted molar refractivity (Wildman–Crippen MR) is 67.8 cm³/mol. The van der Waals surface area contributed by atoms with Gasteiger partial charge in [0.05, 0.1) is 6.54 Å². The first-order chi connectivity index (χ1) is 10.0. The van der Waals surface area contributed by atoms with Gasteiger partial charge in [0, 0.05) is 11.3 Å². The van der Waals surface area contributed by atoms with E-state index in [4.69, 9.17) is 9.84 Å². The van der Waals surface area contributed by atoms with E-state index in [1.54, 1.807) is 24.3 Å². The highest BCUT2D eigenvalue weighted by molar-refractivity contribution is 5.94. The number of hydrogen-bond acceptors (Lipinski definition) is 6. The SMILES string of the molecule is O=C(O)C1CN(c2ccc(-c3noc(=O)[nH]3)cc2)C(=O)O1. The minimum Gasteiger partial charge on any atom is -0.478 e. The number of ether oxygens (including phenoxy) is 1. The second-order valence-electron chi connectivity index (χ2n) is 4.31. The van der Waals surface area contributed by atoms with Crippen LogP contribution in [0.15, 0.2) is 33.6 Å². The summed E-state index contributed by atoms with van der Waals surface area (Å²) >= 11 is 0. The molecule has 108 valence electrons. The van der Waals surface area contributed by atoms with E-state index in [9.17, 15) is 14.4 Å². The number of benzene rings is 1. The Morgan fingerprint density at radius 3 is 2.57 bits per heavy atom. The first kappa shape index (κ1) is 12.9. The molecule has 1 aliphatic heterocycles. The van der Waals surface area contributed by atoms with Crippen LogP contribution in [-0.2, 0) is 9.53 Å². The van der Waals surface area contributed by atoms with Crippen LogP contribution in [0.2, 0.25) is 0 Å². The van der Waals surface area contributed by atoms with E-state index in [2.05, 4.69) is 14.7 Å². The molecule has 21 heavy (non-hydrogen) atoms. The maximum Gasteiger partial charge on any atom is 0.439 e. The topological polar surface area (TPSA) is 126 Å². The number of nitrogens with zero attached hydrogens (tertiary/aromatic N) is 2. The molecule has 0 radical (unpaired) electrons. The van der Waals surface area contributed by atoms with Crippen LogP contribution in [0, 0.1) is 0 Å². The van der Waals surface area contributed by atoms with E-state index in [1.807, 2.05) is 0 Å². The standard InChI is InChI=1S/C12H9N3O6/c16-10(17)8-5-15(12(19)20-8)7-3-1-6(2-4-7)9-13-11(18)21-14-9/h1-4,8H,5H2,(H,16,17)(H,13,14,18). The number of carboxylic acids is 1. The van der Waals surface area contributed by atoms with Crippen molar-refractivity contribution in [1.82, 2.24) is 10.1 Å². The number of carboxylic acid groups (broad SMARTS) is 1. The zero-order chi connectivity index (χ0) is 15.0. The fourth-order valence-corrected chi connectivity index (χ4v) is 1.96. The Bertz CT molecular complexity index is 747. The van der Waals surface area contributed by atoms with Gasteiger partial charge in [0.25, 0.3) is 0 Å². The van der Waals surface area contributed by atoms with Crippen LogP contribution in [0.3, 0.4) is 0 Å². The Morgan fingerprint density at radius 1 is 1.33 bits per heavy atom. The second-order valence-corrected chi connectivity index (χ2v) is 4.31. The van der Waals surface area contributed by atoms with E-state index in [0.717, 1.165) is 0 Å². The molecule has 1 saturated heterocycles. The third-order valence-electron chi connectivity index (χ3n) is 2.98. The van der Waals surface area contributed by atoms with E-state index in [0.29, 0.717) is 11.3 Å². The molecule has 9 heteroatoms. The molecule has 9 nitrogen and oxygen atoms in total. The molecule has 1 aromatic heterocycles. The van der Waals surface area contributed by atoms with Gasteiger partial charge < -0.3 is 9.84 Å². The van der Waals surface area contributed by atoms with Crippen LogP contribution in [0.4, 0.5) is 10.5 Å². The predicted octanol–water partition coefficient (Wildman–Crippen LogP) is 0.440. The van der Waals surface area contributed by atoms with Crippen LogP contribution >= 0.6 is 0 Å². The number of hydrogen-bond donors (Lipinski definition) is 2. The molecule has 1 fully saturated rings. The number of rotatable bonds is 3. The van der Waals surface area contributed by atoms with Crippen molar-refractivity contribution in [1.29, 1.82) is 0 Å². The Labute approximate surface area is 116 Å². The molecule has 1 unspecified atom stereocenters. The largest absolute Gasteiger partial charge is 0.478 e. The van der Waals surface area contributed by atoms with E-state index >= 15 is 0 Å². The monoisotopic (exact) mass is 291 g/mol. The van der Waals surface area contributed by atoms with Gasteiger partial charge >= 0.3 is 17.8 Å². The van der Waals surface area contributed by atoms with Crippen molar-refractivity contribution in [3.8, 4) is 11.4 Å². The van der Waals surface area contributed by atoms with Gasteiger partial charge in [-0.25, -0.2) is 14.4 Å². The smallest absolute Gasteiger partial charge is 0.439 e. The number of carbonyl (C=O) groups is 2. The number of carbonyl (C=O) groups excluding carboxylic acids is 1. The third-order valence-corrected chi connectivity index (χ3v) is 2.98. The molecule has 2 aromatic rings. The lowest BCUT2D eigenvalue weighted by Gasteiger charge is -2.12. The van der Waals surface area contributed by atoms with Gasteiger partial charge in [-0.05, 0) is 24.3 Å². The highest BCUT2D eigenvalue weighted by Gasteiger charge is 2.36. The minimum atomic E-state index is -1.19. The molecule has 0 bridgehead atoms. The van der Waals surface area contributed by atoms with Gasteiger partial charge in [-0.1, -0.05) is 5.16 Å². The van der Waals surface area contributed by atoms with Crippen molar-refractivity contribution >= 4 is 17.7 Å². The first-order valence-corrected chi connectivity index (χ1v) is 5.92. The average Bonchev–Trinajstić information content (AvgIpc) is 3.05. The lowest BCUT2D eigenvalue weighted by molar-refractivity contribution is -0.144. The summed E-state index contributed by atoms with van der Waals surface area (Å²) in [4.78, 5) is 36.9. The van der Waals surface area contributed by atoms with Crippen molar-refractivity contribution in [3.05, 3.63) is 34.8 Å². The number of nitrogens with one attached hydrogen (secondary N) is 1. The summed E-state index contributed by atoms with van der Waals surface area (Å²) in [5, 5.41) is 12.4. The van der Waals surface area contributed by atoms with Gasteiger partial charge in [-0.2, -0.15) is 0 Å². The highest BCUT2D eigenvalue weighted by atomic mass is 16.6. The van der Waals surface area contributed by atoms with Crippen LogP contribution < -0.4 is 10.7 Å². The Balaban J connectivity index is 1.83. The number of aromatic amines is 1. The number of aromatic nitrogens is 2. The van der Waals surface area contributed by atoms with Crippen molar-refractivity contribution < 1.29 is 24.0 Å². The highest BCUT2D eigenvalue weighted by Crippen LogP contribution is 2.24. The molecular formula is C12H9N3O6. The minimum absolute atomic E-state index is 0.0612. The summed E-state index contributed by atoms with van der Waals surface area (Å²) in [7, 11) is 0. The van der Waals surface area contributed by atoms with Gasteiger partial charge in [-0.3, -0.25) is 14.4 Å². The van der Waals surface area contributed by atoms with Gasteiger partial charge in [0.2, 0.25) is 6.10 Å². The molecule has 0 aliphatic carbocycles. The summed E-state index contributed by atoms with van der Waals surface area (Å²) in [6, 6.07) is 6.41. The molecule has 1 atom stereocenters. The fourth-order valence-electron chi connectivity index (χ4n) is 1.96. The number of anilines is 1. The van der Waals surface area contributed by atoms with Crippen molar-refractivity contribution in [3.63, 3.8) is 0 Å². The van der Waals surface area contributed by atoms with Gasteiger partial charge in [0.1, 0.15) is 0 Å². The lowest BCUT2D eigenvalue weighted by Crippen LogP contribution is -2.27. The van der Waals surface area contributed by atoms with Crippen molar-refractivity contribution in [2.45, 2.75) is 6.10 Å². The maximum atomic E-state index is 11.6. The third kappa shape index (κ3) is 2.36. The molecule has 1 aromatic carbocycles. The maximum absolute atomic E-state index is 11.6. The Kier molecular flexibility index (Phi) is 2.94. The Morgan fingerprint density at radius 2 is 2.05 bits per heavy atom. The zero-order valence-corrected chi connectivity index (χ0v) is 10.5. The Hall–Kier alpha value is -3.10. The van der Waals surface area contributed by atoms with Crippen molar-refractivity contribution in [2.24, 2.45) is 0 Å². The molecule has 0 spiro atoms. The number of H-pyrrole nitrogens is 1. The molecule has 2 N–H and O–H groups in total. The van der Waals surface area contributed by atoms with Crippen LogP contribution in [0.1, 0.15) is 0 Å². The fraction of sp³-hybridized carbons (Fsp3) is 0.167. The first-order valence-electron chi connectivity index (χ1n) is 5.92. The van der Waals surface area contributed by atoms with E-state index in [1.165, 1.54) is 4.90 Å². The average molecular weight is 291 g/mol.